The van der Waals surface area contributed by atoms with Crippen LogP contribution in [0, 0.1) is 0 Å². The van der Waals surface area contributed by atoms with E-state index in [2.05, 4.69) is 4.57 Å². The summed E-state index contributed by atoms with van der Waals surface area (Å²) in [5.41, 5.74) is 3.42. The van der Waals surface area contributed by atoms with Gasteiger partial charge in [0.2, 0.25) is 0 Å². The van der Waals surface area contributed by atoms with Gasteiger partial charge in [0.1, 0.15) is 0 Å². The Kier molecular flexibility index (Phi) is 4.54. The van der Waals surface area contributed by atoms with Gasteiger partial charge in [-0.15, -0.1) is 0 Å². The Hall–Kier alpha value is -2.55. The summed E-state index contributed by atoms with van der Waals surface area (Å²) in [6.07, 6.45) is 1.92. The SMILES string of the molecule is O=C(c1ccccc1)c1cn(Cc2ccc(Cl)c(Cl)c2)c2ccccc12. The molecule has 0 unspecified atom stereocenters. The molecule has 0 radical (unpaired) electrons. The van der Waals surface area contributed by atoms with Gasteiger partial charge >= 0.3 is 0 Å². The van der Waals surface area contributed by atoms with Crippen molar-refractivity contribution in [1.29, 1.82) is 0 Å². The predicted molar refractivity (Wildman–Crippen MR) is 107 cm³/mol. The van der Waals surface area contributed by atoms with Gasteiger partial charge in [-0.05, 0) is 23.8 Å². The summed E-state index contributed by atoms with van der Waals surface area (Å²) in [4.78, 5) is 13.0. The van der Waals surface area contributed by atoms with Crippen LogP contribution in [0.3, 0.4) is 0 Å². The normalized spacial score (nSPS) is 11.0. The second-order valence-electron chi connectivity index (χ2n) is 6.13. The first-order valence-corrected chi connectivity index (χ1v) is 9.00. The van der Waals surface area contributed by atoms with Gasteiger partial charge in [-0.2, -0.15) is 0 Å². The Bertz CT molecular complexity index is 1100. The molecule has 0 aliphatic heterocycles. The molecule has 0 saturated heterocycles. The molecule has 4 rings (SSSR count). The number of hydrogen-bond donors (Lipinski definition) is 0. The van der Waals surface area contributed by atoms with Gasteiger partial charge in [-0.3, -0.25) is 4.79 Å². The number of halogens is 2. The zero-order valence-corrected chi connectivity index (χ0v) is 15.3. The smallest absolute Gasteiger partial charge is 0.195 e. The summed E-state index contributed by atoms with van der Waals surface area (Å²) in [6, 6.07) is 22.9. The van der Waals surface area contributed by atoms with Crippen LogP contribution in [0.2, 0.25) is 10.0 Å². The molecule has 3 aromatic carbocycles. The molecule has 4 heteroatoms. The number of benzene rings is 3. The average Bonchev–Trinajstić information content (AvgIpc) is 3.03. The lowest BCUT2D eigenvalue weighted by atomic mass is 10.0. The first-order chi connectivity index (χ1) is 12.6. The lowest BCUT2D eigenvalue weighted by Gasteiger charge is -2.06. The Morgan fingerprint density at radius 1 is 0.846 bits per heavy atom. The van der Waals surface area contributed by atoms with Gasteiger partial charge in [-0.25, -0.2) is 0 Å². The van der Waals surface area contributed by atoms with Crippen molar-refractivity contribution < 1.29 is 4.79 Å². The van der Waals surface area contributed by atoms with Crippen LogP contribution >= 0.6 is 23.2 Å². The fourth-order valence-electron chi connectivity index (χ4n) is 3.14. The van der Waals surface area contributed by atoms with Gasteiger partial charge < -0.3 is 4.57 Å². The molecule has 0 saturated carbocycles. The third-order valence-corrected chi connectivity index (χ3v) is 5.15. The van der Waals surface area contributed by atoms with Crippen molar-refractivity contribution in [1.82, 2.24) is 4.57 Å². The van der Waals surface area contributed by atoms with Gasteiger partial charge in [0.05, 0.1) is 10.0 Å². The van der Waals surface area contributed by atoms with E-state index in [9.17, 15) is 4.79 Å². The van der Waals surface area contributed by atoms with E-state index in [1.165, 1.54) is 0 Å². The minimum absolute atomic E-state index is 0.0229. The Labute approximate surface area is 161 Å². The summed E-state index contributed by atoms with van der Waals surface area (Å²) in [7, 11) is 0. The quantitative estimate of drug-likeness (QED) is 0.385. The van der Waals surface area contributed by atoms with Gasteiger partial charge in [0, 0.05) is 34.8 Å². The van der Waals surface area contributed by atoms with Crippen LogP contribution in [0.1, 0.15) is 21.5 Å². The first-order valence-electron chi connectivity index (χ1n) is 8.25. The molecule has 2 nitrogen and oxygen atoms in total. The second kappa shape index (κ2) is 6.99. The minimum atomic E-state index is 0.0229. The lowest BCUT2D eigenvalue weighted by molar-refractivity contribution is 0.104. The van der Waals surface area contributed by atoms with Crippen LogP contribution in [0.5, 0.6) is 0 Å². The number of para-hydroxylation sites is 1. The molecule has 1 heterocycles. The molecule has 0 bridgehead atoms. The molecule has 0 amide bonds. The van der Waals surface area contributed by atoms with Crippen LogP contribution in [0.4, 0.5) is 0 Å². The van der Waals surface area contributed by atoms with Crippen molar-refractivity contribution in [3.63, 3.8) is 0 Å². The summed E-state index contributed by atoms with van der Waals surface area (Å²) in [6.45, 7) is 0.611. The molecule has 0 fully saturated rings. The number of aromatic nitrogens is 1. The van der Waals surface area contributed by atoms with E-state index < -0.39 is 0 Å². The highest BCUT2D eigenvalue weighted by Gasteiger charge is 2.16. The lowest BCUT2D eigenvalue weighted by Crippen LogP contribution is -2.01. The maximum atomic E-state index is 13.0. The highest BCUT2D eigenvalue weighted by molar-refractivity contribution is 6.42. The van der Waals surface area contributed by atoms with Gasteiger partial charge in [-0.1, -0.05) is 77.8 Å². The van der Waals surface area contributed by atoms with Crippen molar-refractivity contribution in [3.8, 4) is 0 Å². The van der Waals surface area contributed by atoms with Crippen LogP contribution < -0.4 is 0 Å². The van der Waals surface area contributed by atoms with Crippen molar-refractivity contribution in [2.75, 3.05) is 0 Å². The first kappa shape index (κ1) is 16.9. The van der Waals surface area contributed by atoms with Crippen LogP contribution in [0.15, 0.2) is 79.0 Å². The van der Waals surface area contributed by atoms with E-state index >= 15 is 0 Å². The molecule has 26 heavy (non-hydrogen) atoms. The van der Waals surface area contributed by atoms with Crippen LogP contribution in [0.25, 0.3) is 10.9 Å². The molecule has 0 atom stereocenters. The number of hydrogen-bond acceptors (Lipinski definition) is 1. The maximum Gasteiger partial charge on any atom is 0.195 e. The summed E-state index contributed by atoms with van der Waals surface area (Å²) in [5, 5.41) is 2.01. The number of ketones is 1. The van der Waals surface area contributed by atoms with Crippen molar-refractivity contribution in [2.24, 2.45) is 0 Å². The number of carbonyl (C=O) groups excluding carboxylic acids is 1. The Morgan fingerprint density at radius 3 is 2.35 bits per heavy atom. The fourth-order valence-corrected chi connectivity index (χ4v) is 3.46. The highest BCUT2D eigenvalue weighted by atomic mass is 35.5. The number of carbonyl (C=O) groups is 1. The molecule has 128 valence electrons. The molecular weight excluding hydrogens is 365 g/mol. The van der Waals surface area contributed by atoms with E-state index in [-0.39, 0.29) is 5.78 Å². The van der Waals surface area contributed by atoms with Gasteiger partial charge in [0.15, 0.2) is 5.78 Å². The standard InChI is InChI=1S/C22H15Cl2NO/c23-19-11-10-15(12-20(19)24)13-25-14-18(17-8-4-5-9-21(17)25)22(26)16-6-2-1-3-7-16/h1-12,14H,13H2. The Balaban J connectivity index is 1.79. The zero-order chi connectivity index (χ0) is 18.1. The monoisotopic (exact) mass is 379 g/mol. The number of nitrogens with zero attached hydrogens (tertiary/aromatic N) is 1. The number of rotatable bonds is 4. The minimum Gasteiger partial charge on any atom is -0.342 e. The molecular formula is C22H15Cl2NO. The third-order valence-electron chi connectivity index (χ3n) is 4.41. The second-order valence-corrected chi connectivity index (χ2v) is 6.95. The Morgan fingerprint density at radius 2 is 1.58 bits per heavy atom. The molecule has 0 aliphatic rings. The molecule has 0 spiro atoms. The summed E-state index contributed by atoms with van der Waals surface area (Å²) in [5.74, 6) is 0.0229. The van der Waals surface area contributed by atoms with E-state index in [0.29, 0.717) is 27.7 Å². The van der Waals surface area contributed by atoms with Crippen molar-refractivity contribution in [2.45, 2.75) is 6.54 Å². The van der Waals surface area contributed by atoms with Gasteiger partial charge in [0.25, 0.3) is 0 Å². The number of fused-ring (bicyclic) bond motifs is 1. The molecule has 4 aromatic rings. The van der Waals surface area contributed by atoms with E-state index in [1.807, 2.05) is 72.9 Å². The van der Waals surface area contributed by atoms with E-state index in [4.69, 9.17) is 23.2 Å². The molecule has 1 aromatic heterocycles. The average molecular weight is 380 g/mol. The van der Waals surface area contributed by atoms with E-state index in [0.717, 1.165) is 16.5 Å². The highest BCUT2D eigenvalue weighted by Crippen LogP contribution is 2.27. The zero-order valence-electron chi connectivity index (χ0n) is 13.8. The van der Waals surface area contributed by atoms with Crippen molar-refractivity contribution in [3.05, 3.63) is 106 Å². The largest absolute Gasteiger partial charge is 0.342 e. The van der Waals surface area contributed by atoms with Crippen molar-refractivity contribution >= 4 is 39.9 Å². The predicted octanol–water partition coefficient (Wildman–Crippen LogP) is 6.23. The third kappa shape index (κ3) is 3.14. The summed E-state index contributed by atoms with van der Waals surface area (Å²) < 4.78 is 2.07. The van der Waals surface area contributed by atoms with E-state index in [1.54, 1.807) is 6.07 Å². The summed E-state index contributed by atoms with van der Waals surface area (Å²) >= 11 is 12.1. The van der Waals surface area contributed by atoms with Crippen LogP contribution in [-0.4, -0.2) is 10.4 Å². The topological polar surface area (TPSA) is 22.0 Å². The maximum absolute atomic E-state index is 13.0. The fraction of sp³-hybridized carbons (Fsp3) is 0.0455. The molecule has 0 aliphatic carbocycles. The van der Waals surface area contributed by atoms with Crippen LogP contribution in [-0.2, 0) is 6.54 Å². The molecule has 0 N–H and O–H groups in total.